The lowest BCUT2D eigenvalue weighted by Gasteiger charge is -2.20. The van der Waals surface area contributed by atoms with Crippen molar-refractivity contribution < 1.29 is 4.74 Å². The minimum absolute atomic E-state index is 0.0250. The van der Waals surface area contributed by atoms with Gasteiger partial charge in [0, 0.05) is 46.1 Å². The molecule has 0 saturated heterocycles. The van der Waals surface area contributed by atoms with E-state index < -0.39 is 0 Å². The maximum absolute atomic E-state index is 5.32. The number of guanidine groups is 1. The lowest BCUT2D eigenvalue weighted by Crippen LogP contribution is -2.38. The van der Waals surface area contributed by atoms with Gasteiger partial charge in [0.2, 0.25) is 0 Å². The topological polar surface area (TPSA) is 65.9 Å². The number of nitrogens with one attached hydrogen (secondary N) is 1. The van der Waals surface area contributed by atoms with Gasteiger partial charge in [-0.2, -0.15) is 0 Å². The Kier molecular flexibility index (Phi) is 7.15. The third-order valence-electron chi connectivity index (χ3n) is 3.59. The van der Waals surface area contributed by atoms with Crippen LogP contribution in [0, 0.1) is 0 Å². The van der Waals surface area contributed by atoms with Gasteiger partial charge in [-0.05, 0) is 6.92 Å². The van der Waals surface area contributed by atoms with Crippen molar-refractivity contribution in [3.8, 4) is 0 Å². The van der Waals surface area contributed by atoms with Crippen molar-refractivity contribution in [2.45, 2.75) is 26.1 Å². The number of ether oxygens (including phenoxy) is 1. The lowest BCUT2D eigenvalue weighted by molar-refractivity contribution is 0.119. The molecule has 0 aliphatic heterocycles. The van der Waals surface area contributed by atoms with Crippen LogP contribution in [-0.2, 0) is 17.8 Å². The van der Waals surface area contributed by atoms with Crippen LogP contribution in [0.3, 0.4) is 0 Å². The highest BCUT2D eigenvalue weighted by molar-refractivity contribution is 7.13. The molecule has 2 heterocycles. The van der Waals surface area contributed by atoms with Crippen molar-refractivity contribution in [3.63, 3.8) is 0 Å². The molecule has 1 atom stereocenters. The van der Waals surface area contributed by atoms with E-state index in [1.54, 1.807) is 36.8 Å². The minimum atomic E-state index is 0.0250. The molecule has 2 rings (SSSR count). The van der Waals surface area contributed by atoms with Gasteiger partial charge in [-0.1, -0.05) is 0 Å². The van der Waals surface area contributed by atoms with Crippen molar-refractivity contribution in [2.75, 3.05) is 40.2 Å². The van der Waals surface area contributed by atoms with E-state index in [1.807, 2.05) is 33.0 Å². The molecule has 1 unspecified atom stereocenters. The molecule has 138 valence electrons. The first kappa shape index (κ1) is 19.6. The Morgan fingerprint density at radius 1 is 1.24 bits per heavy atom. The Balaban J connectivity index is 1.91. The van der Waals surface area contributed by atoms with Crippen molar-refractivity contribution >= 4 is 33.8 Å². The van der Waals surface area contributed by atoms with Crippen LogP contribution >= 0.6 is 22.7 Å². The van der Waals surface area contributed by atoms with Crippen LogP contribution in [0.4, 0.5) is 5.13 Å². The fourth-order valence-electron chi connectivity index (χ4n) is 2.14. The van der Waals surface area contributed by atoms with Gasteiger partial charge < -0.3 is 19.9 Å². The van der Waals surface area contributed by atoms with Gasteiger partial charge in [0.05, 0.1) is 24.5 Å². The number of hydrogen-bond donors (Lipinski definition) is 1. The molecular weight excluding hydrogens is 356 g/mol. The van der Waals surface area contributed by atoms with Crippen LogP contribution in [0.1, 0.15) is 29.4 Å². The fraction of sp³-hybridized carbons (Fsp3) is 0.562. The maximum Gasteiger partial charge on any atom is 0.194 e. The summed E-state index contributed by atoms with van der Waals surface area (Å²) in [7, 11) is 9.47. The molecule has 0 aliphatic rings. The first-order chi connectivity index (χ1) is 11.9. The zero-order valence-corrected chi connectivity index (χ0v) is 17.2. The average Bonchev–Trinajstić information content (AvgIpc) is 3.24. The molecule has 2 aromatic heterocycles. The highest BCUT2D eigenvalue weighted by atomic mass is 32.1. The third-order valence-corrected chi connectivity index (χ3v) is 5.71. The average molecular weight is 383 g/mol. The summed E-state index contributed by atoms with van der Waals surface area (Å²) in [6.07, 6.45) is 0.0250. The summed E-state index contributed by atoms with van der Waals surface area (Å²) in [4.78, 5) is 17.6. The molecule has 0 bridgehead atoms. The van der Waals surface area contributed by atoms with E-state index >= 15 is 0 Å². The van der Waals surface area contributed by atoms with Crippen LogP contribution in [0.2, 0.25) is 0 Å². The first-order valence-corrected chi connectivity index (χ1v) is 9.71. The molecule has 0 aliphatic carbocycles. The van der Waals surface area contributed by atoms with Gasteiger partial charge in [-0.25, -0.2) is 9.97 Å². The molecule has 0 fully saturated rings. The van der Waals surface area contributed by atoms with Crippen molar-refractivity contribution in [1.82, 2.24) is 20.2 Å². The molecular formula is C16H26N6OS2. The summed E-state index contributed by atoms with van der Waals surface area (Å²) < 4.78 is 5.32. The fourth-order valence-corrected chi connectivity index (χ4v) is 3.74. The van der Waals surface area contributed by atoms with Gasteiger partial charge in [0.25, 0.3) is 0 Å². The second-order valence-electron chi connectivity index (χ2n) is 5.83. The zero-order chi connectivity index (χ0) is 18.4. The summed E-state index contributed by atoms with van der Waals surface area (Å²) in [5.74, 6) is 0.814. The monoisotopic (exact) mass is 382 g/mol. The SMILES string of the molecule is CN=C(NCc1csc(N(C)C)n1)N(C)Cc1csc(C(C)OC)n1. The molecule has 0 amide bonds. The molecule has 9 heteroatoms. The number of aliphatic imine (C=N–C) groups is 1. The maximum atomic E-state index is 5.32. The van der Waals surface area contributed by atoms with Gasteiger partial charge >= 0.3 is 0 Å². The van der Waals surface area contributed by atoms with Crippen LogP contribution < -0.4 is 10.2 Å². The quantitative estimate of drug-likeness (QED) is 0.586. The normalized spacial score (nSPS) is 13.0. The van der Waals surface area contributed by atoms with Gasteiger partial charge in [-0.15, -0.1) is 22.7 Å². The molecule has 2 aromatic rings. The van der Waals surface area contributed by atoms with Crippen LogP contribution in [-0.4, -0.2) is 56.1 Å². The van der Waals surface area contributed by atoms with Crippen LogP contribution in [0.5, 0.6) is 0 Å². The summed E-state index contributed by atoms with van der Waals surface area (Å²) in [5.41, 5.74) is 2.02. The number of rotatable bonds is 7. The smallest absolute Gasteiger partial charge is 0.194 e. The molecule has 1 N–H and O–H groups in total. The molecule has 0 radical (unpaired) electrons. The Morgan fingerprint density at radius 3 is 2.56 bits per heavy atom. The van der Waals surface area contributed by atoms with Gasteiger partial charge in [-0.3, -0.25) is 4.99 Å². The summed E-state index contributed by atoms with van der Waals surface area (Å²) >= 11 is 3.26. The summed E-state index contributed by atoms with van der Waals surface area (Å²) in [6.45, 7) is 3.33. The molecule has 0 aromatic carbocycles. The van der Waals surface area contributed by atoms with Crippen molar-refractivity contribution in [3.05, 3.63) is 27.2 Å². The van der Waals surface area contributed by atoms with Crippen LogP contribution in [0.25, 0.3) is 0 Å². The Labute approximate surface area is 157 Å². The summed E-state index contributed by atoms with van der Waals surface area (Å²) in [6, 6.07) is 0. The van der Waals surface area contributed by atoms with Crippen LogP contribution in [0.15, 0.2) is 15.8 Å². The highest BCUT2D eigenvalue weighted by Gasteiger charge is 2.13. The number of nitrogens with zero attached hydrogens (tertiary/aromatic N) is 5. The zero-order valence-electron chi connectivity index (χ0n) is 15.6. The van der Waals surface area contributed by atoms with E-state index in [4.69, 9.17) is 4.74 Å². The predicted octanol–water partition coefficient (Wildman–Crippen LogP) is 2.58. The first-order valence-electron chi connectivity index (χ1n) is 7.95. The van der Waals surface area contributed by atoms with E-state index in [-0.39, 0.29) is 6.10 Å². The Hall–Kier alpha value is -1.71. The highest BCUT2D eigenvalue weighted by Crippen LogP contribution is 2.21. The number of hydrogen-bond acceptors (Lipinski definition) is 7. The van der Waals surface area contributed by atoms with E-state index in [9.17, 15) is 0 Å². The Bertz CT molecular complexity index is 696. The van der Waals surface area contributed by atoms with E-state index in [1.165, 1.54) is 0 Å². The lowest BCUT2D eigenvalue weighted by atomic mass is 10.4. The van der Waals surface area contributed by atoms with E-state index in [0.717, 1.165) is 27.5 Å². The Morgan fingerprint density at radius 2 is 1.96 bits per heavy atom. The summed E-state index contributed by atoms with van der Waals surface area (Å²) in [5, 5.41) is 9.48. The second kappa shape index (κ2) is 9.12. The molecule has 0 spiro atoms. The van der Waals surface area contributed by atoms with Gasteiger partial charge in [0.15, 0.2) is 11.1 Å². The molecule has 7 nitrogen and oxygen atoms in total. The number of aromatic nitrogens is 2. The standard InChI is InChI=1S/C16H26N6OS2/c1-11(23-6)14-19-13(10-24-14)8-22(5)15(17-2)18-7-12-9-25-16(20-12)21(3)4/h9-11H,7-8H2,1-6H3,(H,17,18). The second-order valence-corrected chi connectivity index (χ2v) is 7.55. The van der Waals surface area contributed by atoms with Crippen molar-refractivity contribution in [2.24, 2.45) is 4.99 Å². The molecule has 25 heavy (non-hydrogen) atoms. The number of anilines is 1. The third kappa shape index (κ3) is 5.38. The predicted molar refractivity (Wildman–Crippen MR) is 106 cm³/mol. The van der Waals surface area contributed by atoms with E-state index in [0.29, 0.717) is 13.1 Å². The largest absolute Gasteiger partial charge is 0.375 e. The van der Waals surface area contributed by atoms with Crippen molar-refractivity contribution in [1.29, 1.82) is 0 Å². The van der Waals surface area contributed by atoms with Gasteiger partial charge in [0.1, 0.15) is 11.1 Å². The number of thiazole rings is 2. The van der Waals surface area contributed by atoms with E-state index in [2.05, 4.69) is 35.9 Å². The minimum Gasteiger partial charge on any atom is -0.375 e. The number of methoxy groups -OCH3 is 1. The molecule has 0 saturated carbocycles.